The molecule has 0 saturated heterocycles. The molecule has 134 valence electrons. The maximum atomic E-state index is 9.55. The van der Waals surface area contributed by atoms with Crippen molar-refractivity contribution in [1.29, 1.82) is 0 Å². The van der Waals surface area contributed by atoms with Crippen LogP contribution in [0.2, 0.25) is 0 Å². The average Bonchev–Trinajstić information content (AvgIpc) is 3.06. The van der Waals surface area contributed by atoms with Gasteiger partial charge in [0, 0.05) is 42.7 Å². The minimum absolute atomic E-state index is 0.558. The van der Waals surface area contributed by atoms with Crippen molar-refractivity contribution in [3.05, 3.63) is 73.2 Å². The number of carboxylic acid groups (broad SMARTS) is 2. The number of pyridine rings is 1. The van der Waals surface area contributed by atoms with Crippen molar-refractivity contribution in [1.82, 2.24) is 9.66 Å². The Bertz CT molecular complexity index is 887. The lowest BCUT2D eigenvalue weighted by molar-refractivity contribution is -0.134. The topological polar surface area (TPSA) is 95.7 Å². The summed E-state index contributed by atoms with van der Waals surface area (Å²) in [6.45, 7) is 3.05. The zero-order valence-corrected chi connectivity index (χ0v) is 14.2. The Morgan fingerprint density at radius 3 is 2.23 bits per heavy atom. The predicted molar refractivity (Wildman–Crippen MR) is 99.0 cm³/mol. The number of aromatic nitrogens is 2. The van der Waals surface area contributed by atoms with Crippen molar-refractivity contribution in [3.8, 4) is 0 Å². The second-order valence-electron chi connectivity index (χ2n) is 5.15. The van der Waals surface area contributed by atoms with E-state index >= 15 is 0 Å². The first-order valence-corrected chi connectivity index (χ1v) is 7.90. The molecule has 3 rings (SSSR count). The SMILES string of the molecule is CCN(c1ccncc1)n1ccc2ccccc21.O=C(O)C=CC(=O)O. The largest absolute Gasteiger partial charge is 0.478 e. The third kappa shape index (κ3) is 4.94. The monoisotopic (exact) mass is 353 g/mol. The van der Waals surface area contributed by atoms with Crippen LogP contribution in [0.1, 0.15) is 6.92 Å². The van der Waals surface area contributed by atoms with Crippen LogP contribution < -0.4 is 5.01 Å². The van der Waals surface area contributed by atoms with Crippen LogP contribution >= 0.6 is 0 Å². The Balaban J connectivity index is 0.000000260. The van der Waals surface area contributed by atoms with Crippen molar-refractivity contribution >= 4 is 28.5 Å². The van der Waals surface area contributed by atoms with Gasteiger partial charge in [-0.05, 0) is 31.2 Å². The number of carboxylic acids is 2. The first kappa shape index (κ1) is 18.7. The summed E-state index contributed by atoms with van der Waals surface area (Å²) in [6.07, 6.45) is 6.87. The number of anilines is 1. The Morgan fingerprint density at radius 1 is 1.04 bits per heavy atom. The molecule has 0 radical (unpaired) electrons. The highest BCUT2D eigenvalue weighted by molar-refractivity contribution is 5.89. The molecule has 0 aliphatic heterocycles. The van der Waals surface area contributed by atoms with Gasteiger partial charge in [-0.3, -0.25) is 14.7 Å². The summed E-state index contributed by atoms with van der Waals surface area (Å²) in [6, 6.07) is 14.6. The van der Waals surface area contributed by atoms with Crippen LogP contribution in [0.5, 0.6) is 0 Å². The quantitative estimate of drug-likeness (QED) is 0.685. The van der Waals surface area contributed by atoms with Crippen molar-refractivity contribution in [2.45, 2.75) is 6.92 Å². The number of hydrogen-bond acceptors (Lipinski definition) is 4. The fourth-order valence-electron chi connectivity index (χ4n) is 2.40. The van der Waals surface area contributed by atoms with Gasteiger partial charge in [0.25, 0.3) is 0 Å². The molecular weight excluding hydrogens is 334 g/mol. The summed E-state index contributed by atoms with van der Waals surface area (Å²) in [5.74, 6) is -2.51. The molecule has 7 heteroatoms. The van der Waals surface area contributed by atoms with E-state index in [9.17, 15) is 9.59 Å². The van der Waals surface area contributed by atoms with Crippen LogP contribution in [0.3, 0.4) is 0 Å². The highest BCUT2D eigenvalue weighted by Gasteiger charge is 2.08. The first-order chi connectivity index (χ1) is 12.5. The van der Waals surface area contributed by atoms with Gasteiger partial charge in [-0.2, -0.15) is 0 Å². The summed E-state index contributed by atoms with van der Waals surface area (Å²) >= 11 is 0. The van der Waals surface area contributed by atoms with Crippen LogP contribution in [0.15, 0.2) is 73.2 Å². The molecule has 0 spiro atoms. The molecule has 26 heavy (non-hydrogen) atoms. The van der Waals surface area contributed by atoms with Gasteiger partial charge in [0.15, 0.2) is 0 Å². The molecule has 0 atom stereocenters. The summed E-state index contributed by atoms with van der Waals surface area (Å²) < 4.78 is 2.19. The Kier molecular flexibility index (Phi) is 6.50. The minimum Gasteiger partial charge on any atom is -0.478 e. The van der Waals surface area contributed by atoms with Gasteiger partial charge in [0.1, 0.15) is 0 Å². The zero-order valence-electron chi connectivity index (χ0n) is 14.2. The lowest BCUT2D eigenvalue weighted by atomic mass is 10.2. The van der Waals surface area contributed by atoms with Crippen LogP contribution in [0.4, 0.5) is 5.69 Å². The summed E-state index contributed by atoms with van der Waals surface area (Å²) in [7, 11) is 0. The van der Waals surface area contributed by atoms with Gasteiger partial charge in [-0.25, -0.2) is 9.59 Å². The maximum absolute atomic E-state index is 9.55. The molecule has 3 aromatic rings. The zero-order chi connectivity index (χ0) is 18.9. The van der Waals surface area contributed by atoms with Gasteiger partial charge < -0.3 is 10.2 Å². The van der Waals surface area contributed by atoms with Gasteiger partial charge in [0.2, 0.25) is 0 Å². The van der Waals surface area contributed by atoms with Crippen LogP contribution in [0, 0.1) is 0 Å². The van der Waals surface area contributed by atoms with E-state index in [2.05, 4.69) is 58.1 Å². The van der Waals surface area contributed by atoms with Crippen LogP contribution in [-0.2, 0) is 9.59 Å². The van der Waals surface area contributed by atoms with Gasteiger partial charge in [-0.1, -0.05) is 18.2 Å². The number of para-hydroxylation sites is 1. The maximum Gasteiger partial charge on any atom is 0.328 e. The standard InChI is InChI=1S/C15H15N3.C4H4O4/c1-2-17(14-7-10-16-11-8-14)18-12-9-13-5-3-4-6-15(13)18;5-3(6)1-2-4(7)8/h3-12H,2H2,1H3;1-2H,(H,5,6)(H,7,8). The van der Waals surface area contributed by atoms with Crippen LogP contribution in [-0.4, -0.2) is 38.4 Å². The van der Waals surface area contributed by atoms with Crippen molar-refractivity contribution in [3.63, 3.8) is 0 Å². The molecule has 0 saturated carbocycles. The number of carbonyl (C=O) groups is 2. The highest BCUT2D eigenvalue weighted by atomic mass is 16.4. The van der Waals surface area contributed by atoms with E-state index in [4.69, 9.17) is 10.2 Å². The lowest BCUT2D eigenvalue weighted by Gasteiger charge is -2.25. The normalized spacial score (nSPS) is 10.3. The predicted octanol–water partition coefficient (Wildman–Crippen LogP) is 3.04. The molecule has 0 unspecified atom stereocenters. The molecule has 1 aromatic carbocycles. The number of fused-ring (bicyclic) bond motifs is 1. The fraction of sp³-hybridized carbons (Fsp3) is 0.105. The van der Waals surface area contributed by atoms with Crippen LogP contribution in [0.25, 0.3) is 10.9 Å². The van der Waals surface area contributed by atoms with Crippen molar-refractivity contribution < 1.29 is 19.8 Å². The number of nitrogens with zero attached hydrogens (tertiary/aromatic N) is 3. The third-order valence-electron chi connectivity index (χ3n) is 3.47. The number of hydrogen-bond donors (Lipinski definition) is 2. The molecule has 0 fully saturated rings. The summed E-state index contributed by atoms with van der Waals surface area (Å²) in [4.78, 5) is 23.2. The molecule has 2 N–H and O–H groups in total. The van der Waals surface area contributed by atoms with E-state index in [1.165, 1.54) is 10.9 Å². The van der Waals surface area contributed by atoms with E-state index in [0.29, 0.717) is 12.2 Å². The second-order valence-corrected chi connectivity index (χ2v) is 5.15. The average molecular weight is 353 g/mol. The van der Waals surface area contributed by atoms with E-state index in [1.807, 2.05) is 24.5 Å². The Morgan fingerprint density at radius 2 is 1.65 bits per heavy atom. The summed E-state index contributed by atoms with van der Waals surface area (Å²) in [5.41, 5.74) is 2.37. The molecule has 2 aromatic heterocycles. The molecule has 0 amide bonds. The lowest BCUT2D eigenvalue weighted by Crippen LogP contribution is -2.28. The number of aliphatic carboxylic acids is 2. The van der Waals surface area contributed by atoms with Crippen molar-refractivity contribution in [2.75, 3.05) is 11.6 Å². The van der Waals surface area contributed by atoms with E-state index in [-0.39, 0.29) is 0 Å². The molecule has 2 heterocycles. The first-order valence-electron chi connectivity index (χ1n) is 7.90. The molecular formula is C19H19N3O4. The van der Waals surface area contributed by atoms with Crippen molar-refractivity contribution in [2.24, 2.45) is 0 Å². The molecule has 7 nitrogen and oxygen atoms in total. The van der Waals surface area contributed by atoms with Gasteiger partial charge in [0.05, 0.1) is 11.2 Å². The number of rotatable bonds is 5. The van der Waals surface area contributed by atoms with E-state index in [1.54, 1.807) is 0 Å². The Hall–Kier alpha value is -3.61. The molecule has 0 aliphatic carbocycles. The third-order valence-corrected chi connectivity index (χ3v) is 3.47. The molecule has 0 bridgehead atoms. The minimum atomic E-state index is -1.26. The Labute approximate surface area is 150 Å². The van der Waals surface area contributed by atoms with E-state index < -0.39 is 11.9 Å². The molecule has 0 aliphatic rings. The van der Waals surface area contributed by atoms with Gasteiger partial charge in [-0.15, -0.1) is 0 Å². The van der Waals surface area contributed by atoms with E-state index in [0.717, 1.165) is 12.2 Å². The summed E-state index contributed by atoms with van der Waals surface area (Å²) in [5, 5.41) is 19.1. The highest BCUT2D eigenvalue weighted by Crippen LogP contribution is 2.20. The number of benzene rings is 1. The van der Waals surface area contributed by atoms with Gasteiger partial charge >= 0.3 is 11.9 Å². The second kappa shape index (κ2) is 9.03. The fourth-order valence-corrected chi connectivity index (χ4v) is 2.40. The smallest absolute Gasteiger partial charge is 0.328 e.